The van der Waals surface area contributed by atoms with Crippen molar-refractivity contribution in [1.29, 1.82) is 0 Å². The Balaban J connectivity index is 1.78. The second-order valence-electron chi connectivity index (χ2n) is 5.47. The number of anilines is 1. The smallest absolute Gasteiger partial charge is 0.250 e. The number of hydrogen-bond acceptors (Lipinski definition) is 3. The van der Waals surface area contributed by atoms with Gasteiger partial charge in [0.05, 0.1) is 5.56 Å². The molecule has 0 radical (unpaired) electrons. The molecular formula is C15H23N3O. The second-order valence-corrected chi connectivity index (χ2v) is 5.47. The van der Waals surface area contributed by atoms with Crippen LogP contribution in [0.2, 0.25) is 0 Å². The number of pyridine rings is 1. The first-order chi connectivity index (χ1) is 9.19. The number of nitrogens with one attached hydrogen (secondary N) is 1. The minimum atomic E-state index is -0.433. The minimum absolute atomic E-state index is 0.433. The van der Waals surface area contributed by atoms with E-state index in [0.717, 1.165) is 24.2 Å². The molecule has 0 aromatic carbocycles. The molecule has 1 aromatic rings. The molecule has 1 heterocycles. The summed E-state index contributed by atoms with van der Waals surface area (Å²) in [5.74, 6) is 2.07. The minimum Gasteiger partial charge on any atom is -0.370 e. The maximum atomic E-state index is 10.9. The number of amides is 1. The first kappa shape index (κ1) is 13.8. The van der Waals surface area contributed by atoms with E-state index in [1.165, 1.54) is 38.3 Å². The van der Waals surface area contributed by atoms with Crippen molar-refractivity contribution >= 4 is 11.7 Å². The van der Waals surface area contributed by atoms with Crippen molar-refractivity contribution in [2.24, 2.45) is 17.6 Å². The van der Waals surface area contributed by atoms with E-state index in [4.69, 9.17) is 5.73 Å². The van der Waals surface area contributed by atoms with Crippen LogP contribution in [0, 0.1) is 11.8 Å². The van der Waals surface area contributed by atoms with Gasteiger partial charge < -0.3 is 11.1 Å². The number of nitrogens with two attached hydrogens (primary N) is 1. The fourth-order valence-electron chi connectivity index (χ4n) is 2.74. The van der Waals surface area contributed by atoms with Crippen LogP contribution in [0.5, 0.6) is 0 Å². The van der Waals surface area contributed by atoms with Crippen molar-refractivity contribution in [2.45, 2.75) is 39.0 Å². The Morgan fingerprint density at radius 2 is 2.00 bits per heavy atom. The van der Waals surface area contributed by atoms with E-state index in [-0.39, 0.29) is 0 Å². The van der Waals surface area contributed by atoms with Gasteiger partial charge in [-0.25, -0.2) is 4.98 Å². The Labute approximate surface area is 114 Å². The van der Waals surface area contributed by atoms with Crippen molar-refractivity contribution in [2.75, 3.05) is 11.9 Å². The van der Waals surface area contributed by atoms with E-state index in [0.29, 0.717) is 5.56 Å². The lowest BCUT2D eigenvalue weighted by Crippen LogP contribution is -2.21. The van der Waals surface area contributed by atoms with Crippen LogP contribution in [-0.2, 0) is 0 Å². The van der Waals surface area contributed by atoms with Gasteiger partial charge in [0, 0.05) is 12.7 Å². The van der Waals surface area contributed by atoms with Crippen molar-refractivity contribution in [3.8, 4) is 0 Å². The molecule has 0 saturated heterocycles. The van der Waals surface area contributed by atoms with Gasteiger partial charge in [-0.05, 0) is 36.8 Å². The summed E-state index contributed by atoms with van der Waals surface area (Å²) in [5, 5.41) is 3.35. The summed E-state index contributed by atoms with van der Waals surface area (Å²) in [5.41, 5.74) is 5.63. The zero-order chi connectivity index (χ0) is 13.7. The summed E-state index contributed by atoms with van der Waals surface area (Å²) in [7, 11) is 0. The summed E-state index contributed by atoms with van der Waals surface area (Å²) >= 11 is 0. The summed E-state index contributed by atoms with van der Waals surface area (Å²) < 4.78 is 0. The van der Waals surface area contributed by atoms with Gasteiger partial charge in [0.1, 0.15) is 5.82 Å². The van der Waals surface area contributed by atoms with Crippen molar-refractivity contribution < 1.29 is 4.79 Å². The van der Waals surface area contributed by atoms with Gasteiger partial charge in [-0.1, -0.05) is 26.2 Å². The molecule has 1 aliphatic carbocycles. The highest BCUT2D eigenvalue weighted by atomic mass is 16.1. The van der Waals surface area contributed by atoms with E-state index in [2.05, 4.69) is 17.2 Å². The highest BCUT2D eigenvalue weighted by Gasteiger charge is 2.19. The molecule has 3 N–H and O–H groups in total. The second kappa shape index (κ2) is 6.55. The van der Waals surface area contributed by atoms with Gasteiger partial charge in [0.2, 0.25) is 5.91 Å². The molecule has 0 spiro atoms. The van der Waals surface area contributed by atoms with Gasteiger partial charge in [-0.2, -0.15) is 0 Å². The van der Waals surface area contributed by atoms with E-state index < -0.39 is 5.91 Å². The van der Waals surface area contributed by atoms with E-state index in [9.17, 15) is 4.79 Å². The van der Waals surface area contributed by atoms with E-state index >= 15 is 0 Å². The lowest BCUT2D eigenvalue weighted by molar-refractivity contribution is 0.1000. The summed E-state index contributed by atoms with van der Waals surface area (Å²) in [4.78, 5) is 15.1. The fourth-order valence-corrected chi connectivity index (χ4v) is 2.74. The molecule has 1 fully saturated rings. The Kier molecular flexibility index (Phi) is 4.77. The van der Waals surface area contributed by atoms with Crippen molar-refractivity contribution in [3.05, 3.63) is 23.9 Å². The third-order valence-corrected chi connectivity index (χ3v) is 4.16. The number of rotatable bonds is 5. The monoisotopic (exact) mass is 261 g/mol. The molecule has 1 aliphatic rings. The van der Waals surface area contributed by atoms with Crippen LogP contribution in [0.1, 0.15) is 49.4 Å². The molecule has 1 amide bonds. The Morgan fingerprint density at radius 3 is 2.53 bits per heavy atom. The third-order valence-electron chi connectivity index (χ3n) is 4.16. The van der Waals surface area contributed by atoms with E-state index in [1.807, 2.05) is 6.07 Å². The molecule has 4 heteroatoms. The highest BCUT2D eigenvalue weighted by molar-refractivity contribution is 5.92. The molecule has 1 saturated carbocycles. The predicted molar refractivity (Wildman–Crippen MR) is 77.0 cm³/mol. The first-order valence-electron chi connectivity index (χ1n) is 7.18. The largest absolute Gasteiger partial charge is 0.370 e. The lowest BCUT2D eigenvalue weighted by Gasteiger charge is -2.27. The number of aromatic nitrogens is 1. The molecule has 1 aromatic heterocycles. The Bertz CT molecular complexity index is 408. The molecule has 4 nitrogen and oxygen atoms in total. The number of carbonyl (C=O) groups excluding carboxylic acids is 1. The van der Waals surface area contributed by atoms with Gasteiger partial charge >= 0.3 is 0 Å². The van der Waals surface area contributed by atoms with Gasteiger partial charge in [-0.15, -0.1) is 0 Å². The number of carbonyl (C=O) groups is 1. The number of nitrogens with zero attached hydrogens (tertiary/aromatic N) is 1. The zero-order valence-electron chi connectivity index (χ0n) is 11.6. The number of primary amides is 1. The summed E-state index contributed by atoms with van der Waals surface area (Å²) in [6, 6.07) is 3.53. The highest BCUT2D eigenvalue weighted by Crippen LogP contribution is 2.30. The Hall–Kier alpha value is -1.58. The van der Waals surface area contributed by atoms with Crippen LogP contribution in [-0.4, -0.2) is 17.4 Å². The average molecular weight is 261 g/mol. The predicted octanol–water partition coefficient (Wildman–Crippen LogP) is 2.81. The molecule has 104 valence electrons. The van der Waals surface area contributed by atoms with Crippen LogP contribution in [0.3, 0.4) is 0 Å². The zero-order valence-corrected chi connectivity index (χ0v) is 11.6. The van der Waals surface area contributed by atoms with Gasteiger partial charge in [0.15, 0.2) is 0 Å². The molecule has 0 aliphatic heterocycles. The van der Waals surface area contributed by atoms with Crippen LogP contribution >= 0.6 is 0 Å². The summed E-state index contributed by atoms with van der Waals surface area (Å²) in [6.45, 7) is 3.26. The van der Waals surface area contributed by atoms with E-state index in [1.54, 1.807) is 6.07 Å². The topological polar surface area (TPSA) is 68.0 Å². The fraction of sp³-hybridized carbons (Fsp3) is 0.600. The molecular weight excluding hydrogens is 238 g/mol. The van der Waals surface area contributed by atoms with Gasteiger partial charge in [-0.3, -0.25) is 4.79 Å². The quantitative estimate of drug-likeness (QED) is 0.856. The molecule has 0 bridgehead atoms. The van der Waals surface area contributed by atoms with Crippen LogP contribution in [0.4, 0.5) is 5.82 Å². The Morgan fingerprint density at radius 1 is 1.32 bits per heavy atom. The van der Waals surface area contributed by atoms with Gasteiger partial charge in [0.25, 0.3) is 0 Å². The maximum absolute atomic E-state index is 10.9. The molecule has 0 unspecified atom stereocenters. The van der Waals surface area contributed by atoms with Crippen LogP contribution < -0.4 is 11.1 Å². The normalized spacial score (nSPS) is 23.0. The molecule has 0 atom stereocenters. The number of hydrogen-bond donors (Lipinski definition) is 2. The van der Waals surface area contributed by atoms with Crippen LogP contribution in [0.15, 0.2) is 18.3 Å². The third kappa shape index (κ3) is 3.94. The van der Waals surface area contributed by atoms with Crippen LogP contribution in [0.25, 0.3) is 0 Å². The maximum Gasteiger partial charge on any atom is 0.250 e. The SMILES string of the molecule is CCC1CCC(CNc2ccc(C(N)=O)cn2)CC1. The molecule has 19 heavy (non-hydrogen) atoms. The lowest BCUT2D eigenvalue weighted by atomic mass is 9.81. The van der Waals surface area contributed by atoms with Crippen molar-refractivity contribution in [1.82, 2.24) is 4.98 Å². The molecule has 2 rings (SSSR count). The first-order valence-corrected chi connectivity index (χ1v) is 7.18. The average Bonchev–Trinajstić information content (AvgIpc) is 2.46. The standard InChI is InChI=1S/C15H23N3O/c1-2-11-3-5-12(6-4-11)9-17-14-8-7-13(10-18-14)15(16)19/h7-8,10-12H,2-6,9H2,1H3,(H2,16,19)(H,17,18). The summed E-state index contributed by atoms with van der Waals surface area (Å²) in [6.07, 6.45) is 8.18. The van der Waals surface area contributed by atoms with Crippen molar-refractivity contribution in [3.63, 3.8) is 0 Å².